The van der Waals surface area contributed by atoms with Gasteiger partial charge in [0.25, 0.3) is 0 Å². The Bertz CT molecular complexity index is 390. The molecule has 0 fully saturated rings. The number of rotatable bonds is 1. The molecule has 0 saturated heterocycles. The Morgan fingerprint density at radius 1 is 1.40 bits per heavy atom. The van der Waals surface area contributed by atoms with Crippen LogP contribution in [0.5, 0.6) is 0 Å². The molecule has 5 nitrogen and oxygen atoms in total. The number of amidine groups is 1. The average molecular weight is 205 g/mol. The van der Waals surface area contributed by atoms with E-state index in [9.17, 15) is 0 Å². The van der Waals surface area contributed by atoms with E-state index in [0.717, 1.165) is 17.5 Å². The molecule has 2 N–H and O–H groups in total. The van der Waals surface area contributed by atoms with Gasteiger partial charge in [-0.25, -0.2) is 9.98 Å². The minimum atomic E-state index is -0.0114. The van der Waals surface area contributed by atoms with Gasteiger partial charge in [-0.2, -0.15) is 0 Å². The normalized spacial score (nSPS) is 20.3. The fourth-order valence-electron chi connectivity index (χ4n) is 1.53. The largest absolute Gasteiger partial charge is 0.366 e. The number of aromatic amines is 1. The van der Waals surface area contributed by atoms with Crippen LogP contribution in [-0.4, -0.2) is 30.0 Å². The summed E-state index contributed by atoms with van der Waals surface area (Å²) in [5, 5.41) is 3.15. The average Bonchev–Trinajstić information content (AvgIpc) is 2.67. The van der Waals surface area contributed by atoms with Crippen molar-refractivity contribution in [2.24, 2.45) is 9.98 Å². The lowest BCUT2D eigenvalue weighted by molar-refractivity contribution is 0.762. The maximum Gasteiger partial charge on any atom is 0.205 e. The van der Waals surface area contributed by atoms with Crippen molar-refractivity contribution in [1.29, 1.82) is 0 Å². The van der Waals surface area contributed by atoms with Gasteiger partial charge in [-0.3, -0.25) is 0 Å². The highest BCUT2D eigenvalue weighted by Crippen LogP contribution is 2.12. The summed E-state index contributed by atoms with van der Waals surface area (Å²) in [6, 6.07) is 2.00. The molecule has 1 aromatic rings. The Hall–Kier alpha value is -1.78. The van der Waals surface area contributed by atoms with E-state index in [-0.39, 0.29) is 6.17 Å². The number of H-pyrrole nitrogens is 1. The third-order valence-electron chi connectivity index (χ3n) is 2.27. The number of guanidine groups is 1. The molecule has 0 radical (unpaired) electrons. The second-order valence-corrected chi connectivity index (χ2v) is 3.55. The number of nitrogens with one attached hydrogen (secondary N) is 2. The Balaban J connectivity index is 2.18. The van der Waals surface area contributed by atoms with Crippen molar-refractivity contribution in [3.63, 3.8) is 0 Å². The van der Waals surface area contributed by atoms with Gasteiger partial charge in [0.2, 0.25) is 5.96 Å². The van der Waals surface area contributed by atoms with Crippen LogP contribution in [0, 0.1) is 0 Å². The third-order valence-corrected chi connectivity index (χ3v) is 2.27. The molecule has 1 unspecified atom stereocenters. The molecule has 1 aliphatic heterocycles. The summed E-state index contributed by atoms with van der Waals surface area (Å²) >= 11 is 0. The summed E-state index contributed by atoms with van der Waals surface area (Å²) < 4.78 is 0. The fourth-order valence-corrected chi connectivity index (χ4v) is 1.53. The van der Waals surface area contributed by atoms with Crippen molar-refractivity contribution >= 4 is 17.5 Å². The number of anilines is 1. The topological polar surface area (TPSA) is 55.8 Å². The van der Waals surface area contributed by atoms with Gasteiger partial charge in [-0.1, -0.05) is 0 Å². The first-order valence-corrected chi connectivity index (χ1v) is 4.92. The Morgan fingerprint density at radius 2 is 2.20 bits per heavy atom. The highest BCUT2D eigenvalue weighted by molar-refractivity contribution is 6.07. The van der Waals surface area contributed by atoms with Crippen molar-refractivity contribution < 1.29 is 0 Å². The minimum absolute atomic E-state index is 0.0114. The van der Waals surface area contributed by atoms with Gasteiger partial charge in [-0.15, -0.1) is 0 Å². The van der Waals surface area contributed by atoms with Crippen molar-refractivity contribution in [2.45, 2.75) is 20.0 Å². The van der Waals surface area contributed by atoms with Crippen LogP contribution in [0.3, 0.4) is 0 Å². The lowest BCUT2D eigenvalue weighted by atomic mass is 10.4. The van der Waals surface area contributed by atoms with E-state index in [1.54, 1.807) is 0 Å². The fraction of sp³-hybridized carbons (Fsp3) is 0.400. The number of hydrogen-bond donors (Lipinski definition) is 2. The Labute approximate surface area is 88.9 Å². The molecule has 0 aliphatic carbocycles. The molecule has 0 saturated carbocycles. The van der Waals surface area contributed by atoms with Crippen molar-refractivity contribution in [3.8, 4) is 0 Å². The summed E-state index contributed by atoms with van der Waals surface area (Å²) in [4.78, 5) is 13.7. The molecule has 0 bridgehead atoms. The third kappa shape index (κ3) is 2.01. The number of nitrogens with zero attached hydrogens (tertiary/aromatic N) is 3. The summed E-state index contributed by atoms with van der Waals surface area (Å²) in [6.45, 7) is 3.91. The minimum Gasteiger partial charge on any atom is -0.366 e. The molecule has 15 heavy (non-hydrogen) atoms. The van der Waals surface area contributed by atoms with Gasteiger partial charge in [0.1, 0.15) is 12.0 Å². The summed E-state index contributed by atoms with van der Waals surface area (Å²) in [6.07, 6.45) is 3.80. The van der Waals surface area contributed by atoms with Crippen LogP contribution in [0.4, 0.5) is 5.69 Å². The van der Waals surface area contributed by atoms with E-state index in [1.165, 1.54) is 0 Å². The van der Waals surface area contributed by atoms with E-state index >= 15 is 0 Å². The van der Waals surface area contributed by atoms with Gasteiger partial charge in [0.15, 0.2) is 0 Å². The Kier molecular flexibility index (Phi) is 2.45. The first-order chi connectivity index (χ1) is 7.16. The van der Waals surface area contributed by atoms with E-state index in [2.05, 4.69) is 20.3 Å². The van der Waals surface area contributed by atoms with Gasteiger partial charge in [0.05, 0.1) is 5.69 Å². The summed E-state index contributed by atoms with van der Waals surface area (Å²) in [5.74, 6) is 1.73. The van der Waals surface area contributed by atoms with Crippen molar-refractivity contribution in [3.05, 3.63) is 18.5 Å². The maximum atomic E-state index is 4.42. The molecule has 1 atom stereocenters. The SMILES string of the molecule is CC1=NC(C)N=C(N(C)c2cc[nH]c2)N1. The number of aliphatic imine (C=N–C) groups is 2. The zero-order valence-corrected chi connectivity index (χ0v) is 9.15. The smallest absolute Gasteiger partial charge is 0.205 e. The quantitative estimate of drug-likeness (QED) is 0.723. The molecule has 1 aliphatic rings. The Morgan fingerprint density at radius 3 is 2.80 bits per heavy atom. The van der Waals surface area contributed by atoms with E-state index in [0.29, 0.717) is 0 Å². The maximum absolute atomic E-state index is 4.42. The summed E-state index contributed by atoms with van der Waals surface area (Å²) in [7, 11) is 1.97. The summed E-state index contributed by atoms with van der Waals surface area (Å²) in [5.41, 5.74) is 1.07. The van der Waals surface area contributed by atoms with Crippen LogP contribution < -0.4 is 10.2 Å². The van der Waals surface area contributed by atoms with Crippen LogP contribution in [0.15, 0.2) is 28.4 Å². The van der Waals surface area contributed by atoms with Crippen LogP contribution in [0.1, 0.15) is 13.8 Å². The second kappa shape index (κ2) is 3.76. The van der Waals surface area contributed by atoms with Crippen molar-refractivity contribution in [2.75, 3.05) is 11.9 Å². The molecule has 2 heterocycles. The van der Waals surface area contributed by atoms with Crippen LogP contribution in [0.2, 0.25) is 0 Å². The monoisotopic (exact) mass is 205 g/mol. The first-order valence-electron chi connectivity index (χ1n) is 4.92. The standard InChI is InChI=1S/C10H15N5/c1-7-12-8(2)14-10(13-7)15(3)9-4-5-11-6-9/h4-7,11H,1-3H3,(H,12,13,14). The number of aromatic nitrogens is 1. The molecular formula is C10H15N5. The van der Waals surface area contributed by atoms with Crippen LogP contribution >= 0.6 is 0 Å². The zero-order valence-electron chi connectivity index (χ0n) is 9.15. The van der Waals surface area contributed by atoms with E-state index < -0.39 is 0 Å². The van der Waals surface area contributed by atoms with Gasteiger partial charge in [0, 0.05) is 19.4 Å². The highest BCUT2D eigenvalue weighted by atomic mass is 15.3. The molecule has 5 heteroatoms. The molecule has 1 aromatic heterocycles. The number of hydrogen-bond acceptors (Lipinski definition) is 4. The lowest BCUT2D eigenvalue weighted by Crippen LogP contribution is -2.44. The van der Waals surface area contributed by atoms with Crippen molar-refractivity contribution in [1.82, 2.24) is 10.3 Å². The van der Waals surface area contributed by atoms with Gasteiger partial charge < -0.3 is 15.2 Å². The molecule has 80 valence electrons. The molecule has 0 spiro atoms. The second-order valence-electron chi connectivity index (χ2n) is 3.55. The van der Waals surface area contributed by atoms with Crippen LogP contribution in [-0.2, 0) is 0 Å². The van der Waals surface area contributed by atoms with Crippen LogP contribution in [0.25, 0.3) is 0 Å². The predicted octanol–water partition coefficient (Wildman–Crippen LogP) is 1.17. The van der Waals surface area contributed by atoms with Gasteiger partial charge >= 0.3 is 0 Å². The van der Waals surface area contributed by atoms with E-state index in [4.69, 9.17) is 0 Å². The molecular weight excluding hydrogens is 190 g/mol. The van der Waals surface area contributed by atoms with Gasteiger partial charge in [-0.05, 0) is 19.9 Å². The lowest BCUT2D eigenvalue weighted by Gasteiger charge is -2.24. The zero-order chi connectivity index (χ0) is 10.8. The predicted molar refractivity (Wildman–Crippen MR) is 62.3 cm³/mol. The molecule has 0 aromatic carbocycles. The highest BCUT2D eigenvalue weighted by Gasteiger charge is 2.15. The molecule has 2 rings (SSSR count). The van der Waals surface area contributed by atoms with E-state index in [1.807, 2.05) is 44.3 Å². The molecule has 0 amide bonds. The first kappa shape index (κ1) is 9.76.